The van der Waals surface area contributed by atoms with E-state index in [1.807, 2.05) is 17.7 Å². The Bertz CT molecular complexity index is 1350. The Balaban J connectivity index is 1.75. The van der Waals surface area contributed by atoms with Crippen LogP contribution in [0.4, 0.5) is 0 Å². The van der Waals surface area contributed by atoms with Gasteiger partial charge < -0.3 is 4.98 Å². The second kappa shape index (κ2) is 10.1. The quantitative estimate of drug-likeness (QED) is 0.387. The summed E-state index contributed by atoms with van der Waals surface area (Å²) in [7, 11) is 0. The smallest absolute Gasteiger partial charge is 0.252 e. The summed E-state index contributed by atoms with van der Waals surface area (Å²) in [6, 6.07) is 16.7. The van der Waals surface area contributed by atoms with Crippen molar-refractivity contribution in [2.45, 2.75) is 72.5 Å². The molecule has 1 N–H and O–H groups in total. The average Bonchev–Trinajstić information content (AvgIpc) is 3.32. The molecule has 0 spiro atoms. The molecular formula is C28H36N6O. The Kier molecular flexibility index (Phi) is 7.17. The van der Waals surface area contributed by atoms with Crippen molar-refractivity contribution in [3.63, 3.8) is 0 Å². The van der Waals surface area contributed by atoms with E-state index in [9.17, 15) is 4.79 Å². The van der Waals surface area contributed by atoms with Gasteiger partial charge in [0.2, 0.25) is 0 Å². The van der Waals surface area contributed by atoms with Crippen molar-refractivity contribution in [3.8, 4) is 0 Å². The minimum atomic E-state index is -0.244. The van der Waals surface area contributed by atoms with Crippen LogP contribution >= 0.6 is 0 Å². The van der Waals surface area contributed by atoms with Crippen LogP contribution in [-0.2, 0) is 18.5 Å². The molecule has 0 aliphatic heterocycles. The van der Waals surface area contributed by atoms with E-state index in [2.05, 4.69) is 102 Å². The van der Waals surface area contributed by atoms with Crippen molar-refractivity contribution >= 4 is 10.9 Å². The highest BCUT2D eigenvalue weighted by atomic mass is 16.1. The maximum atomic E-state index is 13.2. The molecule has 7 nitrogen and oxygen atoms in total. The van der Waals surface area contributed by atoms with Gasteiger partial charge in [-0.05, 0) is 80.6 Å². The molecule has 0 fully saturated rings. The molecule has 4 rings (SSSR count). The van der Waals surface area contributed by atoms with Gasteiger partial charge in [-0.1, -0.05) is 49.4 Å². The van der Waals surface area contributed by atoms with Gasteiger partial charge in [-0.15, -0.1) is 5.10 Å². The zero-order valence-electron chi connectivity index (χ0n) is 21.7. The van der Waals surface area contributed by atoms with Gasteiger partial charge in [0, 0.05) is 24.0 Å². The molecule has 0 aliphatic carbocycles. The van der Waals surface area contributed by atoms with Gasteiger partial charge in [0.05, 0.1) is 17.1 Å². The molecule has 7 heteroatoms. The molecule has 2 heterocycles. The molecule has 0 radical (unpaired) electrons. The summed E-state index contributed by atoms with van der Waals surface area (Å²) in [6.45, 7) is 13.9. The van der Waals surface area contributed by atoms with Crippen LogP contribution < -0.4 is 5.56 Å². The normalized spacial score (nSPS) is 13.0. The van der Waals surface area contributed by atoms with Gasteiger partial charge in [-0.3, -0.25) is 9.69 Å². The van der Waals surface area contributed by atoms with Crippen LogP contribution in [0.1, 0.15) is 68.2 Å². The van der Waals surface area contributed by atoms with E-state index in [0.717, 1.165) is 52.8 Å². The van der Waals surface area contributed by atoms with Gasteiger partial charge in [0.1, 0.15) is 0 Å². The van der Waals surface area contributed by atoms with Gasteiger partial charge in [0.15, 0.2) is 5.82 Å². The van der Waals surface area contributed by atoms with E-state index < -0.39 is 0 Å². The summed E-state index contributed by atoms with van der Waals surface area (Å²) in [5.41, 5.74) is 4.88. The van der Waals surface area contributed by atoms with Crippen molar-refractivity contribution < 1.29 is 0 Å². The summed E-state index contributed by atoms with van der Waals surface area (Å²) in [6.07, 6.45) is 1.70. The largest absolute Gasteiger partial charge is 0.321 e. The van der Waals surface area contributed by atoms with Gasteiger partial charge in [0.25, 0.3) is 5.56 Å². The van der Waals surface area contributed by atoms with Crippen LogP contribution in [0, 0.1) is 13.8 Å². The number of fused-ring (bicyclic) bond motifs is 1. The number of aromatic amines is 1. The summed E-state index contributed by atoms with van der Waals surface area (Å²) in [4.78, 5) is 18.7. The lowest BCUT2D eigenvalue weighted by molar-refractivity contribution is 0.163. The number of aryl methyl sites for hydroxylation is 2. The highest BCUT2D eigenvalue weighted by Gasteiger charge is 2.29. The molecule has 1 atom stereocenters. The van der Waals surface area contributed by atoms with Gasteiger partial charge in [-0.25, -0.2) is 4.68 Å². The van der Waals surface area contributed by atoms with Crippen molar-refractivity contribution in [1.82, 2.24) is 30.1 Å². The predicted molar refractivity (Wildman–Crippen MR) is 140 cm³/mol. The lowest BCUT2D eigenvalue weighted by Crippen LogP contribution is -2.36. The number of hydrogen-bond acceptors (Lipinski definition) is 5. The molecule has 184 valence electrons. The fourth-order valence-corrected chi connectivity index (χ4v) is 4.70. The third kappa shape index (κ3) is 5.35. The Morgan fingerprint density at radius 2 is 1.77 bits per heavy atom. The first-order valence-electron chi connectivity index (χ1n) is 12.4. The number of nitrogens with one attached hydrogen (secondary N) is 1. The second-order valence-electron chi connectivity index (χ2n) is 10.4. The van der Waals surface area contributed by atoms with Gasteiger partial charge in [-0.2, -0.15) is 0 Å². The first-order valence-corrected chi connectivity index (χ1v) is 12.4. The monoisotopic (exact) mass is 472 g/mol. The highest BCUT2D eigenvalue weighted by Crippen LogP contribution is 2.28. The number of tetrazole rings is 1. The Labute approximate surface area is 207 Å². The van der Waals surface area contributed by atoms with Crippen LogP contribution in [0.5, 0.6) is 0 Å². The first kappa shape index (κ1) is 24.8. The standard InChI is InChI=1S/C28H36N6O/c1-7-24(26-30-31-32-34(26)28(4,5)6)33(16-15-21-11-9-8-10-12-21)18-22-17-23-19(2)13-14-20(3)25(23)29-27(22)35/h8-14,17,24H,7,15-16,18H2,1-6H3,(H,29,35)/t24-/m1/s1. The first-order chi connectivity index (χ1) is 16.7. The summed E-state index contributed by atoms with van der Waals surface area (Å²) in [5, 5.41) is 13.9. The molecule has 0 bridgehead atoms. The number of hydrogen-bond donors (Lipinski definition) is 1. The Hall–Kier alpha value is -3.32. The van der Waals surface area contributed by atoms with Crippen molar-refractivity contribution in [2.75, 3.05) is 6.54 Å². The zero-order chi connectivity index (χ0) is 25.2. The van der Waals surface area contributed by atoms with Crippen LogP contribution in [0.3, 0.4) is 0 Å². The lowest BCUT2D eigenvalue weighted by atomic mass is 10.0. The SMILES string of the molecule is CC[C@H](c1nnnn1C(C)(C)C)N(CCc1ccccc1)Cc1cc2c(C)ccc(C)c2[nH]c1=O. The van der Waals surface area contributed by atoms with Crippen molar-refractivity contribution in [3.05, 3.63) is 87.0 Å². The van der Waals surface area contributed by atoms with Crippen LogP contribution in [0.15, 0.2) is 53.3 Å². The fraction of sp³-hybridized carbons (Fsp3) is 0.429. The molecule has 0 unspecified atom stereocenters. The minimum absolute atomic E-state index is 0.0263. The van der Waals surface area contributed by atoms with Crippen LogP contribution in [0.2, 0.25) is 0 Å². The van der Waals surface area contributed by atoms with E-state index in [-0.39, 0.29) is 17.1 Å². The van der Waals surface area contributed by atoms with Crippen molar-refractivity contribution in [1.29, 1.82) is 0 Å². The van der Waals surface area contributed by atoms with Crippen LogP contribution in [0.25, 0.3) is 10.9 Å². The number of aromatic nitrogens is 5. The predicted octanol–water partition coefficient (Wildman–Crippen LogP) is 5.08. The molecule has 0 amide bonds. The van der Waals surface area contributed by atoms with Crippen LogP contribution in [-0.4, -0.2) is 36.6 Å². The van der Waals surface area contributed by atoms with E-state index >= 15 is 0 Å². The topological polar surface area (TPSA) is 79.7 Å². The summed E-state index contributed by atoms with van der Waals surface area (Å²) < 4.78 is 1.91. The molecule has 4 aromatic rings. The van der Waals surface area contributed by atoms with Gasteiger partial charge >= 0.3 is 0 Å². The Morgan fingerprint density at radius 1 is 1.06 bits per heavy atom. The molecular weight excluding hydrogens is 436 g/mol. The van der Waals surface area contributed by atoms with Crippen molar-refractivity contribution in [2.24, 2.45) is 0 Å². The van der Waals surface area contributed by atoms with E-state index in [1.54, 1.807) is 0 Å². The molecule has 0 saturated carbocycles. The van der Waals surface area contributed by atoms with E-state index in [0.29, 0.717) is 6.54 Å². The van der Waals surface area contributed by atoms with E-state index in [4.69, 9.17) is 0 Å². The molecule has 2 aromatic heterocycles. The van der Waals surface area contributed by atoms with E-state index in [1.165, 1.54) is 5.56 Å². The number of pyridine rings is 1. The number of benzene rings is 2. The zero-order valence-corrected chi connectivity index (χ0v) is 21.7. The third-order valence-corrected chi connectivity index (χ3v) is 6.68. The highest BCUT2D eigenvalue weighted by molar-refractivity contribution is 5.85. The number of rotatable bonds is 8. The third-order valence-electron chi connectivity index (χ3n) is 6.68. The average molecular weight is 473 g/mol. The maximum Gasteiger partial charge on any atom is 0.252 e. The summed E-state index contributed by atoms with van der Waals surface area (Å²) >= 11 is 0. The molecule has 0 saturated heterocycles. The summed E-state index contributed by atoms with van der Waals surface area (Å²) in [5.74, 6) is 0.831. The minimum Gasteiger partial charge on any atom is -0.321 e. The number of H-pyrrole nitrogens is 1. The Morgan fingerprint density at radius 3 is 2.46 bits per heavy atom. The molecule has 35 heavy (non-hydrogen) atoms. The second-order valence-corrected chi connectivity index (χ2v) is 10.4. The molecule has 0 aliphatic rings. The maximum absolute atomic E-state index is 13.2. The molecule has 2 aromatic carbocycles. The fourth-order valence-electron chi connectivity index (χ4n) is 4.70. The lowest BCUT2D eigenvalue weighted by Gasteiger charge is -2.32. The number of nitrogens with zero attached hydrogens (tertiary/aromatic N) is 5.